The highest BCUT2D eigenvalue weighted by atomic mass is 19.1. The molecule has 2 aromatic rings. The largest absolute Gasteiger partial charge is 0.384 e. The lowest BCUT2D eigenvalue weighted by Crippen LogP contribution is -2.40. The Morgan fingerprint density at radius 2 is 1.68 bits per heavy atom. The molecule has 1 aliphatic rings. The van der Waals surface area contributed by atoms with E-state index in [1.807, 2.05) is 18.2 Å². The normalized spacial score (nSPS) is 18.8. The van der Waals surface area contributed by atoms with Gasteiger partial charge in [0, 0.05) is 12.5 Å². The number of hydrogen-bond donors (Lipinski definition) is 1. The van der Waals surface area contributed by atoms with Crippen molar-refractivity contribution in [2.24, 2.45) is 0 Å². The molecule has 3 heteroatoms. The summed E-state index contributed by atoms with van der Waals surface area (Å²) >= 11 is 0. The van der Waals surface area contributed by atoms with Crippen molar-refractivity contribution in [2.75, 3.05) is 19.6 Å². The van der Waals surface area contributed by atoms with Crippen molar-refractivity contribution in [3.63, 3.8) is 0 Å². The lowest BCUT2D eigenvalue weighted by Gasteiger charge is -2.39. The number of aliphatic hydroxyl groups is 1. The van der Waals surface area contributed by atoms with Crippen LogP contribution in [0.4, 0.5) is 4.39 Å². The minimum absolute atomic E-state index is 0.0304. The molecule has 0 aromatic heterocycles. The average molecular weight is 341 g/mol. The van der Waals surface area contributed by atoms with Gasteiger partial charge in [0.25, 0.3) is 0 Å². The predicted molar refractivity (Wildman–Crippen MR) is 100 cm³/mol. The number of halogens is 1. The zero-order chi connectivity index (χ0) is 17.7. The molecular weight excluding hydrogens is 313 g/mol. The molecule has 0 saturated carbocycles. The van der Waals surface area contributed by atoms with E-state index in [1.165, 1.54) is 25.0 Å². The summed E-state index contributed by atoms with van der Waals surface area (Å²) in [5.74, 6) is -0.296. The first kappa shape index (κ1) is 18.1. The van der Waals surface area contributed by atoms with E-state index < -0.39 is 5.60 Å². The lowest BCUT2D eigenvalue weighted by atomic mass is 9.74. The second-order valence-electron chi connectivity index (χ2n) is 7.15. The van der Waals surface area contributed by atoms with Gasteiger partial charge < -0.3 is 10.0 Å². The molecule has 2 atom stereocenters. The van der Waals surface area contributed by atoms with Crippen LogP contribution in [0.15, 0.2) is 54.6 Å². The third kappa shape index (κ3) is 4.10. The summed E-state index contributed by atoms with van der Waals surface area (Å²) in [6, 6.07) is 16.7. The van der Waals surface area contributed by atoms with E-state index in [0.29, 0.717) is 6.42 Å². The number of benzene rings is 2. The van der Waals surface area contributed by atoms with Gasteiger partial charge in [0.2, 0.25) is 0 Å². The molecular formula is C22H28FNO. The van der Waals surface area contributed by atoms with Crippen molar-refractivity contribution in [2.45, 2.75) is 44.1 Å². The Morgan fingerprint density at radius 1 is 1.04 bits per heavy atom. The monoisotopic (exact) mass is 341 g/mol. The standard InChI is InChI=1S/C22H28FNO/c1-2-14-22(25,19-10-12-20(23)13-11-19)21(17-24-15-6-7-16-24)18-8-4-3-5-9-18/h3-5,8-13,21,25H,2,6-7,14-17H2,1H3/t21-,22+/m1/s1. The summed E-state index contributed by atoms with van der Waals surface area (Å²) in [5.41, 5.74) is 0.963. The summed E-state index contributed by atoms with van der Waals surface area (Å²) in [7, 11) is 0. The third-order valence-corrected chi connectivity index (χ3v) is 5.39. The zero-order valence-corrected chi connectivity index (χ0v) is 15.0. The third-order valence-electron chi connectivity index (χ3n) is 5.39. The van der Waals surface area contributed by atoms with E-state index in [0.717, 1.165) is 37.2 Å². The number of nitrogens with zero attached hydrogens (tertiary/aromatic N) is 1. The Morgan fingerprint density at radius 3 is 2.28 bits per heavy atom. The van der Waals surface area contributed by atoms with E-state index in [-0.39, 0.29) is 11.7 Å². The van der Waals surface area contributed by atoms with Gasteiger partial charge >= 0.3 is 0 Å². The van der Waals surface area contributed by atoms with Crippen LogP contribution in [-0.4, -0.2) is 29.6 Å². The molecule has 2 aromatic carbocycles. The predicted octanol–water partition coefficient (Wildman–Crippen LogP) is 4.69. The molecule has 0 aliphatic carbocycles. The molecule has 3 rings (SSSR count). The topological polar surface area (TPSA) is 23.5 Å². The Bertz CT molecular complexity index is 651. The molecule has 1 aliphatic heterocycles. The second kappa shape index (κ2) is 8.11. The molecule has 25 heavy (non-hydrogen) atoms. The first-order valence-electron chi connectivity index (χ1n) is 9.39. The molecule has 0 bridgehead atoms. The zero-order valence-electron chi connectivity index (χ0n) is 15.0. The van der Waals surface area contributed by atoms with Crippen molar-refractivity contribution >= 4 is 0 Å². The van der Waals surface area contributed by atoms with Crippen LogP contribution in [0, 0.1) is 5.82 Å². The molecule has 134 valence electrons. The fourth-order valence-electron chi connectivity index (χ4n) is 4.08. The number of rotatable bonds is 7. The van der Waals surface area contributed by atoms with Gasteiger partial charge in [0.15, 0.2) is 0 Å². The minimum atomic E-state index is -0.994. The maximum atomic E-state index is 13.4. The van der Waals surface area contributed by atoms with Crippen molar-refractivity contribution < 1.29 is 9.50 Å². The number of likely N-dealkylation sites (tertiary alicyclic amines) is 1. The molecule has 2 nitrogen and oxygen atoms in total. The van der Waals surface area contributed by atoms with Gasteiger partial charge in [0.1, 0.15) is 5.82 Å². The highest BCUT2D eigenvalue weighted by molar-refractivity contribution is 5.32. The molecule has 0 amide bonds. The maximum Gasteiger partial charge on any atom is 0.123 e. The van der Waals surface area contributed by atoms with Gasteiger partial charge in [-0.1, -0.05) is 55.8 Å². The van der Waals surface area contributed by atoms with Crippen LogP contribution in [0.2, 0.25) is 0 Å². The van der Waals surface area contributed by atoms with Gasteiger partial charge in [0.05, 0.1) is 5.60 Å². The molecule has 0 spiro atoms. The van der Waals surface area contributed by atoms with Crippen molar-refractivity contribution in [3.8, 4) is 0 Å². The molecule has 1 fully saturated rings. The number of hydrogen-bond acceptors (Lipinski definition) is 2. The van der Waals surface area contributed by atoms with Crippen LogP contribution in [0.25, 0.3) is 0 Å². The summed E-state index contributed by atoms with van der Waals surface area (Å²) < 4.78 is 13.4. The summed E-state index contributed by atoms with van der Waals surface area (Å²) in [6.07, 6.45) is 3.98. The maximum absolute atomic E-state index is 13.4. The van der Waals surface area contributed by atoms with Gasteiger partial charge in [-0.15, -0.1) is 0 Å². The molecule has 0 unspecified atom stereocenters. The van der Waals surface area contributed by atoms with Crippen molar-refractivity contribution in [1.82, 2.24) is 4.90 Å². The van der Waals surface area contributed by atoms with Gasteiger partial charge in [-0.2, -0.15) is 0 Å². The van der Waals surface area contributed by atoms with E-state index in [4.69, 9.17) is 0 Å². The fraction of sp³-hybridized carbons (Fsp3) is 0.455. The van der Waals surface area contributed by atoms with Crippen LogP contribution in [0.3, 0.4) is 0 Å². The van der Waals surface area contributed by atoms with Crippen LogP contribution in [0.5, 0.6) is 0 Å². The first-order valence-corrected chi connectivity index (χ1v) is 9.39. The summed E-state index contributed by atoms with van der Waals surface area (Å²) in [4.78, 5) is 2.45. The highest BCUT2D eigenvalue weighted by Gasteiger charge is 2.39. The summed E-state index contributed by atoms with van der Waals surface area (Å²) in [6.45, 7) is 5.11. The lowest BCUT2D eigenvalue weighted by molar-refractivity contribution is -0.0118. The van der Waals surface area contributed by atoms with Crippen molar-refractivity contribution in [3.05, 3.63) is 71.5 Å². The minimum Gasteiger partial charge on any atom is -0.384 e. The molecule has 1 heterocycles. The van der Waals surface area contributed by atoms with Gasteiger partial charge in [-0.3, -0.25) is 0 Å². The fourth-order valence-corrected chi connectivity index (χ4v) is 4.08. The Balaban J connectivity index is 2.00. The van der Waals surface area contributed by atoms with E-state index in [2.05, 4.69) is 24.0 Å². The van der Waals surface area contributed by atoms with E-state index in [9.17, 15) is 9.50 Å². The molecule has 1 N–H and O–H groups in total. The molecule has 0 radical (unpaired) electrons. The van der Waals surface area contributed by atoms with Gasteiger partial charge in [-0.05, 0) is 55.6 Å². The quantitative estimate of drug-likeness (QED) is 0.789. The van der Waals surface area contributed by atoms with Crippen LogP contribution in [-0.2, 0) is 5.60 Å². The Labute approximate surface area is 150 Å². The smallest absolute Gasteiger partial charge is 0.123 e. The Kier molecular flexibility index (Phi) is 5.87. The van der Waals surface area contributed by atoms with Crippen LogP contribution >= 0.6 is 0 Å². The average Bonchev–Trinajstić information content (AvgIpc) is 3.14. The second-order valence-corrected chi connectivity index (χ2v) is 7.15. The van der Waals surface area contributed by atoms with E-state index in [1.54, 1.807) is 12.1 Å². The van der Waals surface area contributed by atoms with Gasteiger partial charge in [-0.25, -0.2) is 4.39 Å². The van der Waals surface area contributed by atoms with Crippen molar-refractivity contribution in [1.29, 1.82) is 0 Å². The van der Waals surface area contributed by atoms with Crippen LogP contribution < -0.4 is 0 Å². The SMILES string of the molecule is CCC[C@](O)(c1ccc(F)cc1)[C@H](CN1CCCC1)c1ccccc1. The van der Waals surface area contributed by atoms with E-state index >= 15 is 0 Å². The summed E-state index contributed by atoms with van der Waals surface area (Å²) in [5, 5.41) is 11.8. The highest BCUT2D eigenvalue weighted by Crippen LogP contribution is 2.41. The molecule has 1 saturated heterocycles. The van der Waals surface area contributed by atoms with Crippen LogP contribution in [0.1, 0.15) is 49.7 Å². The first-order chi connectivity index (χ1) is 12.1. The Hall–Kier alpha value is -1.71.